The summed E-state index contributed by atoms with van der Waals surface area (Å²) in [5.41, 5.74) is 22.1. The Labute approximate surface area is 417 Å². The molecule has 1 heterocycles. The highest BCUT2D eigenvalue weighted by Gasteiger charge is 2.38. The van der Waals surface area contributed by atoms with Crippen LogP contribution in [0.5, 0.6) is 0 Å². The van der Waals surface area contributed by atoms with Crippen LogP contribution in [-0.4, -0.2) is 6.04 Å². The van der Waals surface area contributed by atoms with Crippen LogP contribution in [0.4, 0.5) is 5.69 Å². The van der Waals surface area contributed by atoms with E-state index >= 15 is 0 Å². The fraction of sp³-hybridized carbons (Fsp3) is 0.143. The summed E-state index contributed by atoms with van der Waals surface area (Å²) < 4.78 is 0. The van der Waals surface area contributed by atoms with Gasteiger partial charge in [-0.15, -0.1) is 0 Å². The van der Waals surface area contributed by atoms with Crippen LogP contribution < -0.4 is 4.90 Å². The maximum atomic E-state index is 2.61. The molecule has 0 bridgehead atoms. The van der Waals surface area contributed by atoms with Crippen LogP contribution in [0.1, 0.15) is 68.4 Å². The minimum atomic E-state index is -0.113. The van der Waals surface area contributed by atoms with Crippen molar-refractivity contribution >= 4 is 43.7 Å². The van der Waals surface area contributed by atoms with Crippen LogP contribution in [0.2, 0.25) is 0 Å². The lowest BCUT2D eigenvalue weighted by molar-refractivity contribution is 0.514. The number of fused-ring (bicyclic) bond motifs is 9. The van der Waals surface area contributed by atoms with Crippen molar-refractivity contribution < 1.29 is 0 Å². The lowest BCUT2D eigenvalue weighted by Gasteiger charge is -2.35. The Kier molecular flexibility index (Phi) is 9.31. The Morgan fingerprint density at radius 1 is 0.394 bits per heavy atom. The Hall–Kier alpha value is -8.00. The molecule has 0 fully saturated rings. The summed E-state index contributed by atoms with van der Waals surface area (Å²) in [5, 5.41) is 7.60. The minimum Gasteiger partial charge on any atom is -0.337 e. The molecule has 0 saturated heterocycles. The molecule has 0 amide bonds. The highest BCUT2D eigenvalue weighted by Crippen LogP contribution is 2.54. The van der Waals surface area contributed by atoms with Crippen molar-refractivity contribution in [1.29, 1.82) is 0 Å². The Morgan fingerprint density at radius 2 is 0.930 bits per heavy atom. The van der Waals surface area contributed by atoms with Crippen LogP contribution in [0.25, 0.3) is 93.6 Å². The zero-order valence-corrected chi connectivity index (χ0v) is 40.9. The van der Waals surface area contributed by atoms with Gasteiger partial charge in [-0.2, -0.15) is 0 Å². The molecule has 10 aromatic carbocycles. The molecular formula is C70H55N. The predicted octanol–water partition coefficient (Wildman–Crippen LogP) is 18.5. The van der Waals surface area contributed by atoms with Gasteiger partial charge >= 0.3 is 0 Å². The molecule has 340 valence electrons. The van der Waals surface area contributed by atoms with Crippen molar-refractivity contribution in [2.24, 2.45) is 5.92 Å². The second-order valence-corrected chi connectivity index (χ2v) is 21.5. The highest BCUT2D eigenvalue weighted by molar-refractivity contribution is 6.22. The molecule has 10 aromatic rings. The summed E-state index contributed by atoms with van der Waals surface area (Å²) in [6, 6.07) is 74.4. The molecule has 1 aliphatic heterocycles. The summed E-state index contributed by atoms with van der Waals surface area (Å²) in [6.07, 6.45) is 13.7. The van der Waals surface area contributed by atoms with Crippen LogP contribution in [0.3, 0.4) is 0 Å². The fourth-order valence-electron chi connectivity index (χ4n) is 13.3. The van der Waals surface area contributed by atoms with E-state index in [2.05, 4.69) is 257 Å². The molecule has 14 rings (SSSR count). The molecule has 1 heteroatoms. The van der Waals surface area contributed by atoms with E-state index in [1.54, 1.807) is 0 Å². The second kappa shape index (κ2) is 15.8. The molecule has 4 aliphatic rings. The van der Waals surface area contributed by atoms with Crippen molar-refractivity contribution in [3.63, 3.8) is 0 Å². The SMILES string of the molecule is CC1(C)c2ccccc2-c2ccc(-c3c4ccccc4c(-c4ccc5c(c4)C(C)(C)c4ccccc4-5)c4cc(-c5ccc6cc(N7C(c8ccccc8)=CCC7C7C=CC=CC7)ccc6c5)ccc34)cc21. The van der Waals surface area contributed by atoms with Crippen LogP contribution >= 0.6 is 0 Å². The lowest BCUT2D eigenvalue weighted by atomic mass is 9.79. The van der Waals surface area contributed by atoms with Gasteiger partial charge in [0.25, 0.3) is 0 Å². The zero-order valence-electron chi connectivity index (χ0n) is 40.9. The Balaban J connectivity index is 0.938. The summed E-state index contributed by atoms with van der Waals surface area (Å²) in [4.78, 5) is 2.61. The summed E-state index contributed by atoms with van der Waals surface area (Å²) >= 11 is 0. The molecule has 0 spiro atoms. The van der Waals surface area contributed by atoms with Gasteiger partial charge in [0.1, 0.15) is 0 Å². The number of anilines is 1. The third kappa shape index (κ3) is 6.38. The standard InChI is InChI=1S/C70H55N/c1-69(2)61-25-15-13-21-53(61)55-34-31-50(42-63(55)69)67-57-23-11-12-24-58(57)68(51-32-35-56-54-22-14-16-26-62(54)70(3,4)64(56)43-51)60-41-49(30-36-59(60)67)46-27-28-48-40-52(33-29-47(48)39-46)71-65(44-17-7-5-8-18-44)37-38-66(71)45-19-9-6-10-20-45/h5-19,21-37,39-43,45,66H,20,38H2,1-4H3. The van der Waals surface area contributed by atoms with Gasteiger partial charge in [-0.05, 0) is 165 Å². The van der Waals surface area contributed by atoms with Gasteiger partial charge in [-0.25, -0.2) is 0 Å². The Morgan fingerprint density at radius 3 is 1.59 bits per heavy atom. The van der Waals surface area contributed by atoms with Crippen molar-refractivity contribution in [3.8, 4) is 55.6 Å². The monoisotopic (exact) mass is 909 g/mol. The molecule has 0 N–H and O–H groups in total. The van der Waals surface area contributed by atoms with E-state index in [0.717, 1.165) is 12.8 Å². The predicted molar refractivity (Wildman–Crippen MR) is 302 cm³/mol. The van der Waals surface area contributed by atoms with Gasteiger partial charge in [-0.1, -0.05) is 216 Å². The van der Waals surface area contributed by atoms with E-state index in [1.165, 1.54) is 127 Å². The molecule has 0 radical (unpaired) electrons. The Bertz CT molecular complexity index is 3950. The molecule has 2 unspecified atom stereocenters. The molecule has 3 aliphatic carbocycles. The van der Waals surface area contributed by atoms with Crippen molar-refractivity contribution in [2.75, 3.05) is 4.90 Å². The zero-order chi connectivity index (χ0) is 47.6. The normalized spacial score (nSPS) is 17.9. The fourth-order valence-corrected chi connectivity index (χ4v) is 13.3. The molecule has 0 aromatic heterocycles. The van der Waals surface area contributed by atoms with Gasteiger partial charge in [0.15, 0.2) is 0 Å². The maximum Gasteiger partial charge on any atom is 0.0447 e. The van der Waals surface area contributed by atoms with Gasteiger partial charge in [0, 0.05) is 34.2 Å². The molecule has 1 nitrogen and oxygen atoms in total. The van der Waals surface area contributed by atoms with E-state index in [4.69, 9.17) is 0 Å². The van der Waals surface area contributed by atoms with Crippen molar-refractivity contribution in [2.45, 2.75) is 57.4 Å². The second-order valence-electron chi connectivity index (χ2n) is 21.5. The minimum absolute atomic E-state index is 0.103. The van der Waals surface area contributed by atoms with Gasteiger partial charge in [0.05, 0.1) is 0 Å². The first-order valence-corrected chi connectivity index (χ1v) is 25.6. The van der Waals surface area contributed by atoms with E-state index in [-0.39, 0.29) is 10.8 Å². The van der Waals surface area contributed by atoms with Crippen molar-refractivity contribution in [1.82, 2.24) is 0 Å². The van der Waals surface area contributed by atoms with E-state index in [9.17, 15) is 0 Å². The number of allylic oxidation sites excluding steroid dienone is 3. The summed E-state index contributed by atoms with van der Waals surface area (Å²) in [6.45, 7) is 9.56. The molecule has 71 heavy (non-hydrogen) atoms. The molecule has 0 saturated carbocycles. The van der Waals surface area contributed by atoms with Gasteiger partial charge in [0.2, 0.25) is 0 Å². The van der Waals surface area contributed by atoms with Crippen LogP contribution in [0.15, 0.2) is 225 Å². The average Bonchev–Trinajstić information content (AvgIpc) is 4.04. The van der Waals surface area contributed by atoms with Gasteiger partial charge in [-0.3, -0.25) is 0 Å². The largest absolute Gasteiger partial charge is 0.337 e. The maximum absolute atomic E-state index is 2.61. The number of hydrogen-bond donors (Lipinski definition) is 0. The summed E-state index contributed by atoms with van der Waals surface area (Å²) in [7, 11) is 0. The molecular weight excluding hydrogens is 855 g/mol. The van der Waals surface area contributed by atoms with E-state index in [1.807, 2.05) is 0 Å². The number of nitrogens with zero attached hydrogens (tertiary/aromatic N) is 1. The molecule has 2 atom stereocenters. The summed E-state index contributed by atoms with van der Waals surface area (Å²) in [5.74, 6) is 0.456. The van der Waals surface area contributed by atoms with Gasteiger partial charge < -0.3 is 4.90 Å². The number of benzene rings is 10. The van der Waals surface area contributed by atoms with E-state index < -0.39 is 0 Å². The van der Waals surface area contributed by atoms with Crippen LogP contribution in [0, 0.1) is 5.92 Å². The van der Waals surface area contributed by atoms with E-state index in [0.29, 0.717) is 12.0 Å². The lowest BCUT2D eigenvalue weighted by Crippen LogP contribution is -2.35. The third-order valence-corrected chi connectivity index (χ3v) is 16.9. The quantitative estimate of drug-likeness (QED) is 0.150. The number of rotatable bonds is 6. The topological polar surface area (TPSA) is 3.24 Å². The average molecular weight is 910 g/mol. The third-order valence-electron chi connectivity index (χ3n) is 16.9. The highest BCUT2D eigenvalue weighted by atomic mass is 15.2. The first kappa shape index (κ1) is 41.9. The smallest absolute Gasteiger partial charge is 0.0447 e. The first-order chi connectivity index (χ1) is 34.7. The first-order valence-electron chi connectivity index (χ1n) is 25.6. The van der Waals surface area contributed by atoms with Crippen LogP contribution in [-0.2, 0) is 10.8 Å². The van der Waals surface area contributed by atoms with Crippen molar-refractivity contribution in [3.05, 3.63) is 252 Å². The number of hydrogen-bond acceptors (Lipinski definition) is 1.